The van der Waals surface area contributed by atoms with Crippen molar-refractivity contribution in [1.82, 2.24) is 14.5 Å². The normalized spacial score (nSPS) is 14.7. The molecule has 1 amide bonds. The van der Waals surface area contributed by atoms with Gasteiger partial charge in [0, 0.05) is 10.7 Å². The molecule has 2 rings (SSSR count). The van der Waals surface area contributed by atoms with Crippen LogP contribution in [0.3, 0.4) is 0 Å². The first-order valence-electron chi connectivity index (χ1n) is 5.38. The van der Waals surface area contributed by atoms with Crippen LogP contribution in [-0.4, -0.2) is 20.4 Å². The van der Waals surface area contributed by atoms with E-state index in [4.69, 9.17) is 17.3 Å². The van der Waals surface area contributed by atoms with Gasteiger partial charge in [-0.05, 0) is 35.8 Å². The molecule has 2 aromatic heterocycles. The Balaban J connectivity index is 2.74. The summed E-state index contributed by atoms with van der Waals surface area (Å²) >= 11 is 9.43. The van der Waals surface area contributed by atoms with Crippen LogP contribution in [0.4, 0.5) is 0 Å². The van der Waals surface area contributed by atoms with E-state index in [9.17, 15) is 4.79 Å². The number of imidazole rings is 1. The Bertz CT molecular complexity index is 610. The summed E-state index contributed by atoms with van der Waals surface area (Å²) in [7, 11) is 0. The highest BCUT2D eigenvalue weighted by atomic mass is 79.9. The Morgan fingerprint density at radius 2 is 2.22 bits per heavy atom. The fourth-order valence-electron chi connectivity index (χ4n) is 1.76. The summed E-state index contributed by atoms with van der Waals surface area (Å²) < 4.78 is 2.50. The summed E-state index contributed by atoms with van der Waals surface area (Å²) in [6, 6.07) is 1.29. The molecule has 0 aromatic carbocycles. The van der Waals surface area contributed by atoms with Crippen LogP contribution in [0.5, 0.6) is 0 Å². The number of carbonyl (C=O) groups excluding carboxylic acids is 1. The first-order chi connectivity index (χ1) is 8.41. The van der Waals surface area contributed by atoms with Gasteiger partial charge in [0.1, 0.15) is 17.4 Å². The highest BCUT2D eigenvalue weighted by Crippen LogP contribution is 2.28. The molecule has 0 radical (unpaired) electrons. The lowest BCUT2D eigenvalue weighted by Gasteiger charge is -2.14. The third-order valence-electron chi connectivity index (χ3n) is 2.68. The third-order valence-corrected chi connectivity index (χ3v) is 3.31. The zero-order valence-electron chi connectivity index (χ0n) is 9.89. The Labute approximate surface area is 117 Å². The second-order valence-electron chi connectivity index (χ2n) is 4.03. The van der Waals surface area contributed by atoms with Crippen molar-refractivity contribution in [2.75, 3.05) is 0 Å². The number of hydrogen-bond acceptors (Lipinski definition) is 3. The second kappa shape index (κ2) is 4.85. The summed E-state index contributed by atoms with van der Waals surface area (Å²) in [6.45, 7) is 3.50. The van der Waals surface area contributed by atoms with Gasteiger partial charge in [-0.2, -0.15) is 0 Å². The standard InChI is InChI=1S/C11H12BrClN4O/c1-5(13)10-16-8-3-7(12)4-15-11(8)17(10)6(2)9(14)18/h3-6H,1-2H3,(H2,14,18). The number of alkyl halides is 1. The Morgan fingerprint density at radius 1 is 1.56 bits per heavy atom. The summed E-state index contributed by atoms with van der Waals surface area (Å²) in [5.74, 6) is 0.140. The maximum atomic E-state index is 11.4. The summed E-state index contributed by atoms with van der Waals surface area (Å²) in [5.41, 5.74) is 6.63. The largest absolute Gasteiger partial charge is 0.368 e. The maximum Gasteiger partial charge on any atom is 0.240 e. The molecule has 0 aliphatic rings. The van der Waals surface area contributed by atoms with Crippen molar-refractivity contribution in [2.45, 2.75) is 25.3 Å². The van der Waals surface area contributed by atoms with Gasteiger partial charge >= 0.3 is 0 Å². The molecule has 2 N–H and O–H groups in total. The molecular formula is C11H12BrClN4O. The average Bonchev–Trinajstić information content (AvgIpc) is 2.66. The monoisotopic (exact) mass is 330 g/mol. The van der Waals surface area contributed by atoms with E-state index in [1.54, 1.807) is 24.6 Å². The lowest BCUT2D eigenvalue weighted by atomic mass is 10.3. The number of aromatic nitrogens is 3. The zero-order chi connectivity index (χ0) is 13.4. The highest BCUT2D eigenvalue weighted by molar-refractivity contribution is 9.10. The second-order valence-corrected chi connectivity index (χ2v) is 5.60. The topological polar surface area (TPSA) is 73.8 Å². The molecule has 0 fully saturated rings. The van der Waals surface area contributed by atoms with Crippen LogP contribution in [0.15, 0.2) is 16.7 Å². The summed E-state index contributed by atoms with van der Waals surface area (Å²) in [6.07, 6.45) is 1.65. The van der Waals surface area contributed by atoms with Crippen molar-refractivity contribution in [3.63, 3.8) is 0 Å². The fourth-order valence-corrected chi connectivity index (χ4v) is 2.24. The van der Waals surface area contributed by atoms with Gasteiger partial charge in [-0.3, -0.25) is 9.36 Å². The van der Waals surface area contributed by atoms with Gasteiger partial charge in [0.2, 0.25) is 5.91 Å². The fraction of sp³-hybridized carbons (Fsp3) is 0.364. The van der Waals surface area contributed by atoms with Gasteiger partial charge in [-0.25, -0.2) is 9.97 Å². The number of fused-ring (bicyclic) bond motifs is 1. The van der Waals surface area contributed by atoms with Crippen LogP contribution in [0, 0.1) is 0 Å². The van der Waals surface area contributed by atoms with Crippen molar-refractivity contribution in [3.8, 4) is 0 Å². The van der Waals surface area contributed by atoms with Crippen molar-refractivity contribution < 1.29 is 4.79 Å². The smallest absolute Gasteiger partial charge is 0.240 e. The van der Waals surface area contributed by atoms with E-state index in [1.807, 2.05) is 6.07 Å². The molecule has 2 aromatic rings. The average molecular weight is 332 g/mol. The first kappa shape index (κ1) is 13.3. The SMILES string of the molecule is CC(Cl)c1nc2cc(Br)cnc2n1C(C)C(N)=O. The van der Waals surface area contributed by atoms with Crippen LogP contribution in [0.2, 0.25) is 0 Å². The molecule has 0 saturated heterocycles. The third kappa shape index (κ3) is 2.22. The molecular weight excluding hydrogens is 320 g/mol. The lowest BCUT2D eigenvalue weighted by molar-refractivity contribution is -0.120. The van der Waals surface area contributed by atoms with Crippen LogP contribution < -0.4 is 5.73 Å². The quantitative estimate of drug-likeness (QED) is 0.878. The number of carbonyl (C=O) groups is 1. The molecule has 0 aliphatic carbocycles. The first-order valence-corrected chi connectivity index (χ1v) is 6.61. The minimum Gasteiger partial charge on any atom is -0.368 e. The summed E-state index contributed by atoms with van der Waals surface area (Å²) in [5, 5.41) is -0.334. The molecule has 0 aliphatic heterocycles. The number of primary amides is 1. The van der Waals surface area contributed by atoms with Gasteiger partial charge in [-0.1, -0.05) is 0 Å². The molecule has 2 unspecified atom stereocenters. The minimum absolute atomic E-state index is 0.334. The number of pyridine rings is 1. The van der Waals surface area contributed by atoms with E-state index in [-0.39, 0.29) is 5.38 Å². The number of nitrogens with zero attached hydrogens (tertiary/aromatic N) is 3. The molecule has 2 heterocycles. The molecule has 18 heavy (non-hydrogen) atoms. The number of hydrogen-bond donors (Lipinski definition) is 1. The van der Waals surface area contributed by atoms with E-state index in [0.717, 1.165) is 4.47 Å². The van der Waals surface area contributed by atoms with Crippen molar-refractivity contribution in [1.29, 1.82) is 0 Å². The Morgan fingerprint density at radius 3 is 2.78 bits per heavy atom. The van der Waals surface area contributed by atoms with Crippen molar-refractivity contribution in [2.24, 2.45) is 5.73 Å². The molecule has 7 heteroatoms. The van der Waals surface area contributed by atoms with E-state index < -0.39 is 11.9 Å². The van der Waals surface area contributed by atoms with Gasteiger partial charge in [0.25, 0.3) is 0 Å². The molecule has 0 spiro atoms. The molecule has 0 bridgehead atoms. The van der Waals surface area contributed by atoms with Crippen molar-refractivity contribution >= 4 is 44.6 Å². The number of amides is 1. The van der Waals surface area contributed by atoms with E-state index in [0.29, 0.717) is 17.0 Å². The predicted molar refractivity (Wildman–Crippen MR) is 73.4 cm³/mol. The van der Waals surface area contributed by atoms with Crippen LogP contribution in [0.25, 0.3) is 11.2 Å². The maximum absolute atomic E-state index is 11.4. The number of rotatable bonds is 3. The van der Waals surface area contributed by atoms with Crippen LogP contribution in [0.1, 0.15) is 31.1 Å². The van der Waals surface area contributed by atoms with E-state index in [2.05, 4.69) is 25.9 Å². The molecule has 2 atom stereocenters. The van der Waals surface area contributed by atoms with Crippen LogP contribution in [-0.2, 0) is 4.79 Å². The zero-order valence-corrected chi connectivity index (χ0v) is 12.2. The van der Waals surface area contributed by atoms with E-state index >= 15 is 0 Å². The molecule has 96 valence electrons. The van der Waals surface area contributed by atoms with Gasteiger partial charge in [0.15, 0.2) is 5.65 Å². The lowest BCUT2D eigenvalue weighted by Crippen LogP contribution is -2.25. The highest BCUT2D eigenvalue weighted by Gasteiger charge is 2.22. The predicted octanol–water partition coefficient (Wildman–Crippen LogP) is 2.54. The van der Waals surface area contributed by atoms with Gasteiger partial charge in [0.05, 0.1) is 5.38 Å². The Kier molecular flexibility index (Phi) is 3.59. The minimum atomic E-state index is -0.542. The van der Waals surface area contributed by atoms with Gasteiger partial charge in [-0.15, -0.1) is 11.6 Å². The number of halogens is 2. The Hall–Kier alpha value is -1.14. The summed E-state index contributed by atoms with van der Waals surface area (Å²) in [4.78, 5) is 20.1. The van der Waals surface area contributed by atoms with Gasteiger partial charge < -0.3 is 5.73 Å². The molecule has 0 saturated carbocycles. The van der Waals surface area contributed by atoms with Crippen molar-refractivity contribution in [3.05, 3.63) is 22.6 Å². The number of nitrogens with two attached hydrogens (primary N) is 1. The van der Waals surface area contributed by atoms with Crippen LogP contribution >= 0.6 is 27.5 Å². The molecule has 5 nitrogen and oxygen atoms in total. The van der Waals surface area contributed by atoms with E-state index in [1.165, 1.54) is 0 Å².